The Kier molecular flexibility index (Phi) is 4.61. The van der Waals surface area contributed by atoms with Crippen LogP contribution in [0.15, 0.2) is 24.3 Å². The summed E-state index contributed by atoms with van der Waals surface area (Å²) >= 11 is 0. The molecular formula is C15H19NO4. The molecule has 1 saturated heterocycles. The molecule has 1 unspecified atom stereocenters. The Hall–Kier alpha value is -2.04. The van der Waals surface area contributed by atoms with Gasteiger partial charge in [-0.05, 0) is 31.0 Å². The Bertz CT molecular complexity index is 500. The number of benzene rings is 1. The third-order valence-corrected chi connectivity index (χ3v) is 3.62. The van der Waals surface area contributed by atoms with Crippen LogP contribution in [0.4, 0.5) is 0 Å². The normalized spacial score (nSPS) is 19.2. The first-order valence-corrected chi connectivity index (χ1v) is 6.81. The lowest BCUT2D eigenvalue weighted by molar-refractivity contribution is -0.142. The fourth-order valence-electron chi connectivity index (χ4n) is 2.53. The molecule has 1 aromatic rings. The number of carboxylic acids is 1. The fourth-order valence-corrected chi connectivity index (χ4v) is 2.53. The predicted octanol–water partition coefficient (Wildman–Crippen LogP) is 2.16. The number of carbonyl (C=O) groups excluding carboxylic acids is 1. The average Bonchev–Trinajstić information content (AvgIpc) is 2.72. The highest BCUT2D eigenvalue weighted by atomic mass is 16.5. The molecule has 1 fully saturated rings. The van der Waals surface area contributed by atoms with Crippen LogP contribution in [0.3, 0.4) is 0 Å². The Morgan fingerprint density at radius 2 is 2.10 bits per heavy atom. The van der Waals surface area contributed by atoms with E-state index in [1.54, 1.807) is 24.3 Å². The summed E-state index contributed by atoms with van der Waals surface area (Å²) < 4.78 is 5.10. The van der Waals surface area contributed by atoms with Crippen molar-refractivity contribution in [2.24, 2.45) is 0 Å². The molecule has 0 radical (unpaired) electrons. The van der Waals surface area contributed by atoms with E-state index >= 15 is 0 Å². The molecule has 0 bridgehead atoms. The van der Waals surface area contributed by atoms with Crippen LogP contribution in [0.1, 0.15) is 36.0 Å². The molecule has 0 saturated carbocycles. The van der Waals surface area contributed by atoms with Gasteiger partial charge in [0, 0.05) is 12.1 Å². The van der Waals surface area contributed by atoms with E-state index in [1.807, 2.05) is 0 Å². The van der Waals surface area contributed by atoms with E-state index < -0.39 is 12.0 Å². The number of carbonyl (C=O) groups is 2. The summed E-state index contributed by atoms with van der Waals surface area (Å²) in [6.45, 7) is 0.493. The van der Waals surface area contributed by atoms with E-state index in [0.29, 0.717) is 24.3 Å². The Morgan fingerprint density at radius 1 is 1.30 bits per heavy atom. The minimum atomic E-state index is -0.928. The van der Waals surface area contributed by atoms with Gasteiger partial charge in [0.25, 0.3) is 5.91 Å². The van der Waals surface area contributed by atoms with Crippen LogP contribution in [0.25, 0.3) is 0 Å². The molecule has 1 aliphatic heterocycles. The molecule has 1 aromatic carbocycles. The van der Waals surface area contributed by atoms with Crippen molar-refractivity contribution in [2.75, 3.05) is 13.7 Å². The Labute approximate surface area is 118 Å². The van der Waals surface area contributed by atoms with Crippen molar-refractivity contribution in [3.05, 3.63) is 29.8 Å². The van der Waals surface area contributed by atoms with Gasteiger partial charge in [0.05, 0.1) is 7.11 Å². The summed E-state index contributed by atoms with van der Waals surface area (Å²) in [4.78, 5) is 25.4. The first-order valence-electron chi connectivity index (χ1n) is 6.81. The highest BCUT2D eigenvalue weighted by Gasteiger charge is 2.31. The summed E-state index contributed by atoms with van der Waals surface area (Å²) in [5.41, 5.74) is 0.470. The lowest BCUT2D eigenvalue weighted by Crippen LogP contribution is -2.44. The summed E-state index contributed by atoms with van der Waals surface area (Å²) in [6, 6.07) is 6.10. The van der Waals surface area contributed by atoms with Crippen molar-refractivity contribution in [3.8, 4) is 5.75 Å². The zero-order valence-corrected chi connectivity index (χ0v) is 11.5. The molecule has 1 aliphatic rings. The Morgan fingerprint density at radius 3 is 2.80 bits per heavy atom. The number of rotatable bonds is 3. The van der Waals surface area contributed by atoms with Gasteiger partial charge in [0.2, 0.25) is 0 Å². The third kappa shape index (κ3) is 3.10. The van der Waals surface area contributed by atoms with Crippen molar-refractivity contribution in [3.63, 3.8) is 0 Å². The highest BCUT2D eigenvalue weighted by Crippen LogP contribution is 2.21. The van der Waals surface area contributed by atoms with Gasteiger partial charge in [-0.1, -0.05) is 18.9 Å². The van der Waals surface area contributed by atoms with E-state index in [0.717, 1.165) is 19.3 Å². The lowest BCUT2D eigenvalue weighted by Gasteiger charge is -2.27. The zero-order chi connectivity index (χ0) is 14.5. The minimum absolute atomic E-state index is 0.238. The topological polar surface area (TPSA) is 66.8 Å². The summed E-state index contributed by atoms with van der Waals surface area (Å²) in [5.74, 6) is -0.570. The van der Waals surface area contributed by atoms with Crippen LogP contribution < -0.4 is 4.74 Å². The largest absolute Gasteiger partial charge is 0.497 e. The molecule has 1 heterocycles. The second-order valence-electron chi connectivity index (χ2n) is 4.93. The van der Waals surface area contributed by atoms with Gasteiger partial charge >= 0.3 is 5.97 Å². The quantitative estimate of drug-likeness (QED) is 0.919. The molecule has 0 spiro atoms. The maximum absolute atomic E-state index is 12.5. The third-order valence-electron chi connectivity index (χ3n) is 3.62. The molecule has 20 heavy (non-hydrogen) atoms. The summed E-state index contributed by atoms with van der Waals surface area (Å²) in [7, 11) is 1.54. The summed E-state index contributed by atoms with van der Waals surface area (Å²) in [5, 5.41) is 9.31. The monoisotopic (exact) mass is 277 g/mol. The second kappa shape index (κ2) is 6.41. The van der Waals surface area contributed by atoms with Crippen molar-refractivity contribution in [2.45, 2.75) is 31.7 Å². The number of nitrogens with zero attached hydrogens (tertiary/aromatic N) is 1. The van der Waals surface area contributed by atoms with Crippen LogP contribution >= 0.6 is 0 Å². The van der Waals surface area contributed by atoms with Gasteiger partial charge < -0.3 is 14.7 Å². The molecule has 2 rings (SSSR count). The molecule has 0 aromatic heterocycles. The van der Waals surface area contributed by atoms with Crippen LogP contribution in [-0.2, 0) is 4.79 Å². The molecule has 108 valence electrons. The molecule has 1 N–H and O–H groups in total. The molecule has 1 amide bonds. The lowest BCUT2D eigenvalue weighted by atomic mass is 10.1. The van der Waals surface area contributed by atoms with Crippen LogP contribution in [-0.4, -0.2) is 41.6 Å². The number of amides is 1. The first kappa shape index (κ1) is 14.4. The predicted molar refractivity (Wildman–Crippen MR) is 73.9 cm³/mol. The number of methoxy groups -OCH3 is 1. The van der Waals surface area contributed by atoms with Gasteiger partial charge in [0.15, 0.2) is 0 Å². The van der Waals surface area contributed by atoms with Gasteiger partial charge in [-0.2, -0.15) is 0 Å². The van der Waals surface area contributed by atoms with E-state index in [-0.39, 0.29) is 5.91 Å². The van der Waals surface area contributed by atoms with E-state index in [4.69, 9.17) is 4.74 Å². The zero-order valence-electron chi connectivity index (χ0n) is 11.5. The van der Waals surface area contributed by atoms with Crippen LogP contribution in [0.2, 0.25) is 0 Å². The van der Waals surface area contributed by atoms with Gasteiger partial charge in [0.1, 0.15) is 11.8 Å². The molecule has 5 heteroatoms. The smallest absolute Gasteiger partial charge is 0.326 e. The second-order valence-corrected chi connectivity index (χ2v) is 4.93. The highest BCUT2D eigenvalue weighted by molar-refractivity contribution is 5.97. The average molecular weight is 277 g/mol. The maximum Gasteiger partial charge on any atom is 0.326 e. The fraction of sp³-hybridized carbons (Fsp3) is 0.467. The molecule has 5 nitrogen and oxygen atoms in total. The number of hydrogen-bond acceptors (Lipinski definition) is 3. The van der Waals surface area contributed by atoms with Gasteiger partial charge in [-0.15, -0.1) is 0 Å². The number of ether oxygens (including phenoxy) is 1. The molecule has 0 aliphatic carbocycles. The Balaban J connectivity index is 2.25. The maximum atomic E-state index is 12.5. The van der Waals surface area contributed by atoms with Crippen molar-refractivity contribution >= 4 is 11.9 Å². The summed E-state index contributed by atoms with van der Waals surface area (Å²) in [6.07, 6.45) is 3.18. The molecular weight excluding hydrogens is 258 g/mol. The number of likely N-dealkylation sites (tertiary alicyclic amines) is 1. The van der Waals surface area contributed by atoms with Crippen molar-refractivity contribution < 1.29 is 19.4 Å². The SMILES string of the molecule is COc1cccc(C(=O)N2CCCCCC2C(=O)O)c1. The number of aliphatic carboxylic acids is 1. The first-order chi connectivity index (χ1) is 9.63. The van der Waals surface area contributed by atoms with Gasteiger partial charge in [-0.25, -0.2) is 4.79 Å². The number of hydrogen-bond donors (Lipinski definition) is 1. The van der Waals surface area contributed by atoms with E-state index in [1.165, 1.54) is 12.0 Å². The molecule has 1 atom stereocenters. The van der Waals surface area contributed by atoms with Crippen LogP contribution in [0, 0.1) is 0 Å². The standard InChI is InChI=1S/C15H19NO4/c1-20-12-7-5-6-11(10-12)14(17)16-9-4-2-3-8-13(16)15(18)19/h5-7,10,13H,2-4,8-9H2,1H3,(H,18,19). The minimum Gasteiger partial charge on any atom is -0.497 e. The van der Waals surface area contributed by atoms with E-state index in [2.05, 4.69) is 0 Å². The van der Waals surface area contributed by atoms with Crippen molar-refractivity contribution in [1.82, 2.24) is 4.90 Å². The van der Waals surface area contributed by atoms with E-state index in [9.17, 15) is 14.7 Å². The van der Waals surface area contributed by atoms with Crippen molar-refractivity contribution in [1.29, 1.82) is 0 Å². The van der Waals surface area contributed by atoms with Gasteiger partial charge in [-0.3, -0.25) is 4.79 Å². The number of carboxylic acid groups (broad SMARTS) is 1. The van der Waals surface area contributed by atoms with Crippen LogP contribution in [0.5, 0.6) is 5.75 Å².